The molecular weight excluding hydrogens is 226 g/mol. The van der Waals surface area contributed by atoms with Crippen LogP contribution in [0.1, 0.15) is 25.0 Å². The van der Waals surface area contributed by atoms with Gasteiger partial charge in [0.2, 0.25) is 0 Å². The van der Waals surface area contributed by atoms with Crippen molar-refractivity contribution in [2.24, 2.45) is 0 Å². The molecule has 3 heteroatoms. The second-order valence-corrected chi connectivity index (χ2v) is 4.61. The van der Waals surface area contributed by atoms with Crippen LogP contribution in [0.15, 0.2) is 23.8 Å². The highest BCUT2D eigenvalue weighted by Crippen LogP contribution is 2.28. The smallest absolute Gasteiger partial charge is 0.333 e. The molecule has 0 amide bonds. The zero-order valence-corrected chi connectivity index (χ0v) is 11.2. The molecular formula is C15H19NO2. The van der Waals surface area contributed by atoms with E-state index in [1.807, 2.05) is 19.1 Å². The van der Waals surface area contributed by atoms with Gasteiger partial charge < -0.3 is 9.64 Å². The van der Waals surface area contributed by atoms with Gasteiger partial charge in [-0.25, -0.2) is 4.79 Å². The van der Waals surface area contributed by atoms with Crippen LogP contribution in [-0.4, -0.2) is 26.2 Å². The number of carbonyl (C=O) groups excluding carboxylic acids is 1. The molecule has 1 heterocycles. The normalized spacial score (nSPS) is 14.6. The van der Waals surface area contributed by atoms with Crippen LogP contribution >= 0.6 is 0 Å². The van der Waals surface area contributed by atoms with Gasteiger partial charge in [-0.15, -0.1) is 0 Å². The number of hydrogen-bond donors (Lipinski definition) is 0. The van der Waals surface area contributed by atoms with Crippen LogP contribution in [0.3, 0.4) is 0 Å². The summed E-state index contributed by atoms with van der Waals surface area (Å²) in [5.74, 6) is -0.241. The van der Waals surface area contributed by atoms with Gasteiger partial charge in [-0.05, 0) is 49.6 Å². The van der Waals surface area contributed by atoms with Crippen LogP contribution in [0.4, 0.5) is 5.69 Å². The van der Waals surface area contributed by atoms with Crippen LogP contribution in [0.5, 0.6) is 0 Å². The molecule has 1 aliphatic rings. The summed E-state index contributed by atoms with van der Waals surface area (Å²) in [5, 5.41) is 0. The molecule has 18 heavy (non-hydrogen) atoms. The Balaban J connectivity index is 2.20. The van der Waals surface area contributed by atoms with E-state index < -0.39 is 0 Å². The quantitative estimate of drug-likeness (QED) is 0.605. The Bertz CT molecular complexity index is 491. The van der Waals surface area contributed by atoms with E-state index in [0.717, 1.165) is 18.5 Å². The summed E-state index contributed by atoms with van der Waals surface area (Å²) in [6, 6.07) is 6.32. The number of carbonyl (C=O) groups is 1. The van der Waals surface area contributed by atoms with Crippen LogP contribution in [0, 0.1) is 0 Å². The van der Waals surface area contributed by atoms with Gasteiger partial charge in [-0.3, -0.25) is 0 Å². The Morgan fingerprint density at radius 1 is 1.50 bits per heavy atom. The van der Waals surface area contributed by atoms with E-state index in [9.17, 15) is 4.79 Å². The van der Waals surface area contributed by atoms with E-state index in [4.69, 9.17) is 4.74 Å². The van der Waals surface area contributed by atoms with Crippen molar-refractivity contribution in [1.29, 1.82) is 0 Å². The zero-order valence-electron chi connectivity index (χ0n) is 11.2. The Morgan fingerprint density at radius 2 is 2.28 bits per heavy atom. The molecule has 0 atom stereocenters. The molecule has 1 aromatic rings. The molecule has 0 aromatic heterocycles. The number of fused-ring (bicyclic) bond motifs is 1. The highest BCUT2D eigenvalue weighted by Gasteiger charge is 2.15. The van der Waals surface area contributed by atoms with E-state index >= 15 is 0 Å². The average Bonchev–Trinajstić information content (AvgIpc) is 2.71. The van der Waals surface area contributed by atoms with Crippen LogP contribution in [-0.2, 0) is 16.0 Å². The van der Waals surface area contributed by atoms with E-state index in [1.54, 1.807) is 6.92 Å². The molecule has 0 fully saturated rings. The molecule has 0 spiro atoms. The van der Waals surface area contributed by atoms with Crippen molar-refractivity contribution in [2.75, 3.05) is 25.1 Å². The fraction of sp³-hybridized carbons (Fsp3) is 0.400. The molecule has 96 valence electrons. The third-order valence-corrected chi connectivity index (χ3v) is 3.21. The fourth-order valence-corrected chi connectivity index (χ4v) is 2.23. The lowest BCUT2D eigenvalue weighted by Gasteiger charge is -2.11. The molecule has 0 saturated carbocycles. The minimum absolute atomic E-state index is 0.241. The summed E-state index contributed by atoms with van der Waals surface area (Å²) < 4.78 is 4.97. The maximum atomic E-state index is 11.5. The van der Waals surface area contributed by atoms with E-state index in [2.05, 4.69) is 24.1 Å². The number of likely N-dealkylation sites (N-methyl/N-ethyl adjacent to an activating group) is 1. The second kappa shape index (κ2) is 5.25. The molecule has 0 aliphatic carbocycles. The lowest BCUT2D eigenvalue weighted by molar-refractivity contribution is -0.138. The monoisotopic (exact) mass is 245 g/mol. The summed E-state index contributed by atoms with van der Waals surface area (Å²) in [6.45, 7) is 5.09. The maximum absolute atomic E-state index is 11.5. The van der Waals surface area contributed by atoms with Crippen molar-refractivity contribution >= 4 is 17.7 Å². The van der Waals surface area contributed by atoms with Gasteiger partial charge in [-0.2, -0.15) is 0 Å². The van der Waals surface area contributed by atoms with Crippen molar-refractivity contribution in [2.45, 2.75) is 20.3 Å². The summed E-state index contributed by atoms with van der Waals surface area (Å²) in [4.78, 5) is 13.8. The van der Waals surface area contributed by atoms with Gasteiger partial charge in [0.15, 0.2) is 0 Å². The topological polar surface area (TPSA) is 29.5 Å². The predicted molar refractivity (Wildman–Crippen MR) is 73.7 cm³/mol. The number of nitrogens with zero attached hydrogens (tertiary/aromatic N) is 1. The average molecular weight is 245 g/mol. The minimum atomic E-state index is -0.241. The van der Waals surface area contributed by atoms with E-state index in [1.165, 1.54) is 11.3 Å². The van der Waals surface area contributed by atoms with E-state index in [0.29, 0.717) is 12.2 Å². The number of hydrogen-bond acceptors (Lipinski definition) is 3. The highest BCUT2D eigenvalue weighted by molar-refractivity contribution is 5.93. The number of anilines is 1. The molecule has 0 bridgehead atoms. The van der Waals surface area contributed by atoms with Crippen LogP contribution in [0.2, 0.25) is 0 Å². The second-order valence-electron chi connectivity index (χ2n) is 4.61. The standard InChI is InChI=1S/C15H19NO2/c1-4-18-15(17)11(2)9-12-5-6-14-13(10-12)7-8-16(14)3/h5-6,9-10H,4,7-8H2,1-3H3/b11-9+. The molecule has 3 nitrogen and oxygen atoms in total. The summed E-state index contributed by atoms with van der Waals surface area (Å²) >= 11 is 0. The van der Waals surface area contributed by atoms with Crippen molar-refractivity contribution in [3.63, 3.8) is 0 Å². The summed E-state index contributed by atoms with van der Waals surface area (Å²) in [5.41, 5.74) is 4.35. The van der Waals surface area contributed by atoms with Crippen LogP contribution < -0.4 is 4.90 Å². The first kappa shape index (κ1) is 12.7. The molecule has 0 radical (unpaired) electrons. The number of esters is 1. The number of ether oxygens (including phenoxy) is 1. The van der Waals surface area contributed by atoms with Crippen molar-refractivity contribution in [3.05, 3.63) is 34.9 Å². The summed E-state index contributed by atoms with van der Waals surface area (Å²) in [7, 11) is 2.10. The minimum Gasteiger partial charge on any atom is -0.463 e. The van der Waals surface area contributed by atoms with E-state index in [-0.39, 0.29) is 5.97 Å². The fourth-order valence-electron chi connectivity index (χ4n) is 2.23. The predicted octanol–water partition coefficient (Wildman–Crippen LogP) is 2.65. The SMILES string of the molecule is CCOC(=O)/C(C)=C/c1ccc2c(c1)CCN2C. The van der Waals surface area contributed by atoms with Crippen molar-refractivity contribution < 1.29 is 9.53 Å². The summed E-state index contributed by atoms with van der Waals surface area (Å²) in [6.07, 6.45) is 2.96. The molecule has 2 rings (SSSR count). The van der Waals surface area contributed by atoms with Gasteiger partial charge in [0.1, 0.15) is 0 Å². The number of rotatable bonds is 3. The zero-order chi connectivity index (χ0) is 13.1. The first-order valence-electron chi connectivity index (χ1n) is 6.31. The molecule has 0 saturated heterocycles. The lowest BCUT2D eigenvalue weighted by Crippen LogP contribution is -2.12. The van der Waals surface area contributed by atoms with Gasteiger partial charge >= 0.3 is 5.97 Å². The molecule has 1 aromatic carbocycles. The lowest BCUT2D eigenvalue weighted by atomic mass is 10.1. The Morgan fingerprint density at radius 3 is 3.00 bits per heavy atom. The largest absolute Gasteiger partial charge is 0.463 e. The third-order valence-electron chi connectivity index (χ3n) is 3.21. The maximum Gasteiger partial charge on any atom is 0.333 e. The number of benzene rings is 1. The van der Waals surface area contributed by atoms with Gasteiger partial charge in [0.05, 0.1) is 6.61 Å². The van der Waals surface area contributed by atoms with Gasteiger partial charge in [-0.1, -0.05) is 6.07 Å². The Kier molecular flexibility index (Phi) is 3.70. The first-order chi connectivity index (χ1) is 8.61. The van der Waals surface area contributed by atoms with Crippen LogP contribution in [0.25, 0.3) is 6.08 Å². The molecule has 0 unspecified atom stereocenters. The van der Waals surface area contributed by atoms with Gasteiger partial charge in [0.25, 0.3) is 0 Å². The van der Waals surface area contributed by atoms with Gasteiger partial charge in [0, 0.05) is 24.9 Å². The van der Waals surface area contributed by atoms with Crippen molar-refractivity contribution in [1.82, 2.24) is 0 Å². The highest BCUT2D eigenvalue weighted by atomic mass is 16.5. The third kappa shape index (κ3) is 2.55. The first-order valence-corrected chi connectivity index (χ1v) is 6.31. The Labute approximate surface area is 108 Å². The molecule has 0 N–H and O–H groups in total. The Hall–Kier alpha value is -1.77. The molecule has 1 aliphatic heterocycles. The van der Waals surface area contributed by atoms with Crippen molar-refractivity contribution in [3.8, 4) is 0 Å².